The molecule has 2 nitrogen and oxygen atoms in total. The summed E-state index contributed by atoms with van der Waals surface area (Å²) in [5.74, 6) is 0. The number of aryl methyl sites for hydroxylation is 1. The molecule has 0 bridgehead atoms. The van der Waals surface area contributed by atoms with Crippen LogP contribution in [0.5, 0.6) is 0 Å². The molecule has 1 aromatic rings. The van der Waals surface area contributed by atoms with Crippen molar-refractivity contribution in [3.8, 4) is 0 Å². The molecule has 78 valence electrons. The summed E-state index contributed by atoms with van der Waals surface area (Å²) in [6, 6.07) is 5.69. The largest absolute Gasteiger partial charge is 0.369 e. The van der Waals surface area contributed by atoms with Gasteiger partial charge in [0.15, 0.2) is 0 Å². The average Bonchev–Trinajstić information content (AvgIpc) is 2.06. The van der Waals surface area contributed by atoms with Crippen LogP contribution in [0.1, 0.15) is 5.56 Å². The van der Waals surface area contributed by atoms with Gasteiger partial charge < -0.3 is 4.90 Å². The molecule has 0 radical (unpaired) electrons. The second kappa shape index (κ2) is 5.89. The predicted molar refractivity (Wildman–Crippen MR) is 65.3 cm³/mol. The van der Waals surface area contributed by atoms with Crippen LogP contribution in [0.2, 0.25) is 5.02 Å². The molecule has 0 aromatic heterocycles. The average molecular weight is 233 g/mol. The first-order valence-corrected chi connectivity index (χ1v) is 4.44. The number of aliphatic imine (C=N–C) groups is 1. The minimum absolute atomic E-state index is 0. The van der Waals surface area contributed by atoms with Gasteiger partial charge in [0.05, 0.1) is 12.0 Å². The molecule has 1 aromatic carbocycles. The molecule has 0 fully saturated rings. The highest BCUT2D eigenvalue weighted by atomic mass is 35.5. The Balaban J connectivity index is 0.00000169. The van der Waals surface area contributed by atoms with E-state index in [1.165, 1.54) is 0 Å². The molecule has 0 unspecified atom stereocenters. The number of hydrogen-bond acceptors (Lipinski definition) is 1. The number of rotatable bonds is 2. The van der Waals surface area contributed by atoms with Crippen LogP contribution in [0.25, 0.3) is 0 Å². The topological polar surface area (TPSA) is 15.6 Å². The molecule has 0 spiro atoms. The van der Waals surface area contributed by atoms with Crippen molar-refractivity contribution in [2.45, 2.75) is 6.92 Å². The normalized spacial score (nSPS) is 10.0. The lowest BCUT2D eigenvalue weighted by Crippen LogP contribution is -2.07. The standard InChI is InChI=1S/C10H13ClN2.ClH/c1-8-4-5-9(11)6-10(8)12-7-13(2)3;/h4-7H,1-3H3;1H. The fourth-order valence-corrected chi connectivity index (χ4v) is 1.07. The van der Waals surface area contributed by atoms with Crippen molar-refractivity contribution in [3.63, 3.8) is 0 Å². The van der Waals surface area contributed by atoms with E-state index in [4.69, 9.17) is 11.6 Å². The molecule has 0 aliphatic carbocycles. The van der Waals surface area contributed by atoms with E-state index >= 15 is 0 Å². The highest BCUT2D eigenvalue weighted by molar-refractivity contribution is 6.30. The second-order valence-electron chi connectivity index (χ2n) is 3.14. The molecule has 0 N–H and O–H groups in total. The Labute approximate surface area is 96.0 Å². The molecule has 0 aliphatic rings. The van der Waals surface area contributed by atoms with Crippen molar-refractivity contribution >= 4 is 36.0 Å². The third-order valence-corrected chi connectivity index (χ3v) is 1.83. The van der Waals surface area contributed by atoms with Crippen LogP contribution in [0.15, 0.2) is 23.2 Å². The van der Waals surface area contributed by atoms with Crippen LogP contribution < -0.4 is 0 Å². The Kier molecular flexibility index (Phi) is 5.58. The quantitative estimate of drug-likeness (QED) is 0.565. The Morgan fingerprint density at radius 1 is 1.36 bits per heavy atom. The van der Waals surface area contributed by atoms with Gasteiger partial charge in [0.1, 0.15) is 0 Å². The molecular weight excluding hydrogens is 219 g/mol. The van der Waals surface area contributed by atoms with E-state index in [-0.39, 0.29) is 12.4 Å². The number of nitrogens with zero attached hydrogens (tertiary/aromatic N) is 2. The summed E-state index contributed by atoms with van der Waals surface area (Å²) < 4.78 is 0. The van der Waals surface area contributed by atoms with Crippen molar-refractivity contribution in [1.29, 1.82) is 0 Å². The van der Waals surface area contributed by atoms with Crippen molar-refractivity contribution < 1.29 is 0 Å². The van der Waals surface area contributed by atoms with Crippen LogP contribution in [-0.4, -0.2) is 25.3 Å². The van der Waals surface area contributed by atoms with E-state index in [1.807, 2.05) is 44.1 Å². The Bertz CT molecular complexity index is 322. The second-order valence-corrected chi connectivity index (χ2v) is 3.58. The van der Waals surface area contributed by atoms with Gasteiger partial charge in [-0.3, -0.25) is 0 Å². The number of halogens is 2. The fourth-order valence-electron chi connectivity index (χ4n) is 0.899. The van der Waals surface area contributed by atoms with Crippen molar-refractivity contribution in [3.05, 3.63) is 28.8 Å². The number of hydrogen-bond donors (Lipinski definition) is 0. The van der Waals surface area contributed by atoms with E-state index < -0.39 is 0 Å². The summed E-state index contributed by atoms with van der Waals surface area (Å²) in [5, 5.41) is 0.719. The van der Waals surface area contributed by atoms with Crippen LogP contribution in [-0.2, 0) is 0 Å². The van der Waals surface area contributed by atoms with Gasteiger partial charge in [0.25, 0.3) is 0 Å². The lowest BCUT2D eigenvalue weighted by molar-refractivity contribution is 0.643. The Morgan fingerprint density at radius 2 is 2.00 bits per heavy atom. The summed E-state index contributed by atoms with van der Waals surface area (Å²) in [7, 11) is 3.87. The first kappa shape index (κ1) is 13.3. The Morgan fingerprint density at radius 3 is 2.57 bits per heavy atom. The molecule has 1 rings (SSSR count). The van der Waals surface area contributed by atoms with Gasteiger partial charge in [-0.05, 0) is 24.6 Å². The fraction of sp³-hybridized carbons (Fsp3) is 0.300. The lowest BCUT2D eigenvalue weighted by Gasteiger charge is -2.04. The van der Waals surface area contributed by atoms with Crippen molar-refractivity contribution in [2.24, 2.45) is 4.99 Å². The summed E-state index contributed by atoms with van der Waals surface area (Å²) >= 11 is 5.84. The molecule has 0 saturated carbocycles. The van der Waals surface area contributed by atoms with Gasteiger partial charge in [0.2, 0.25) is 0 Å². The zero-order chi connectivity index (χ0) is 9.84. The van der Waals surface area contributed by atoms with Gasteiger partial charge in [-0.2, -0.15) is 0 Å². The van der Waals surface area contributed by atoms with Gasteiger partial charge in [0, 0.05) is 19.1 Å². The Hall–Kier alpha value is -0.730. The molecule has 0 heterocycles. The first-order valence-electron chi connectivity index (χ1n) is 4.06. The van der Waals surface area contributed by atoms with E-state index in [9.17, 15) is 0 Å². The highest BCUT2D eigenvalue weighted by Crippen LogP contribution is 2.22. The van der Waals surface area contributed by atoms with Crippen LogP contribution >= 0.6 is 24.0 Å². The lowest BCUT2D eigenvalue weighted by atomic mass is 10.2. The van der Waals surface area contributed by atoms with Gasteiger partial charge in [-0.1, -0.05) is 17.7 Å². The van der Waals surface area contributed by atoms with Crippen LogP contribution in [0, 0.1) is 6.92 Å². The smallest absolute Gasteiger partial charge is 0.0907 e. The van der Waals surface area contributed by atoms with Gasteiger partial charge in [-0.15, -0.1) is 12.4 Å². The molecule has 4 heteroatoms. The molecular formula is C10H14Cl2N2. The van der Waals surface area contributed by atoms with Gasteiger partial charge in [-0.25, -0.2) is 4.99 Å². The SMILES string of the molecule is Cc1ccc(Cl)cc1N=CN(C)C.Cl. The van der Waals surface area contributed by atoms with Gasteiger partial charge >= 0.3 is 0 Å². The maximum absolute atomic E-state index is 5.84. The zero-order valence-electron chi connectivity index (χ0n) is 8.49. The summed E-state index contributed by atoms with van der Waals surface area (Å²) in [6.07, 6.45) is 1.76. The minimum atomic E-state index is 0. The summed E-state index contributed by atoms with van der Waals surface area (Å²) in [4.78, 5) is 6.17. The molecule has 14 heavy (non-hydrogen) atoms. The predicted octanol–water partition coefficient (Wildman–Crippen LogP) is 3.29. The molecule has 0 aliphatic heterocycles. The van der Waals surface area contributed by atoms with Crippen molar-refractivity contribution in [1.82, 2.24) is 4.90 Å². The molecule has 0 atom stereocenters. The third-order valence-electron chi connectivity index (χ3n) is 1.60. The van der Waals surface area contributed by atoms with E-state index in [1.54, 1.807) is 6.34 Å². The van der Waals surface area contributed by atoms with E-state index in [0.29, 0.717) is 0 Å². The molecule has 0 amide bonds. The first-order chi connectivity index (χ1) is 6.09. The monoisotopic (exact) mass is 232 g/mol. The maximum Gasteiger partial charge on any atom is 0.0907 e. The third kappa shape index (κ3) is 3.99. The zero-order valence-corrected chi connectivity index (χ0v) is 10.1. The summed E-state index contributed by atoms with van der Waals surface area (Å²) in [5.41, 5.74) is 2.05. The number of benzene rings is 1. The van der Waals surface area contributed by atoms with Crippen molar-refractivity contribution in [2.75, 3.05) is 14.1 Å². The minimum Gasteiger partial charge on any atom is -0.369 e. The van der Waals surface area contributed by atoms with E-state index in [2.05, 4.69) is 4.99 Å². The molecule has 0 saturated heterocycles. The van der Waals surface area contributed by atoms with Crippen LogP contribution in [0.3, 0.4) is 0 Å². The maximum atomic E-state index is 5.84. The van der Waals surface area contributed by atoms with E-state index in [0.717, 1.165) is 16.3 Å². The van der Waals surface area contributed by atoms with Crippen LogP contribution in [0.4, 0.5) is 5.69 Å². The highest BCUT2D eigenvalue weighted by Gasteiger charge is 1.95. The summed E-state index contributed by atoms with van der Waals surface area (Å²) in [6.45, 7) is 2.01.